The Hall–Kier alpha value is -3.10. The van der Waals surface area contributed by atoms with Gasteiger partial charge in [-0.15, -0.1) is 0 Å². The van der Waals surface area contributed by atoms with Crippen LogP contribution < -0.4 is 5.32 Å². The molecule has 0 aliphatic rings. The van der Waals surface area contributed by atoms with Gasteiger partial charge in [-0.1, -0.05) is 35.6 Å². The fraction of sp³-hybridized carbons (Fsp3) is 0.0526. The summed E-state index contributed by atoms with van der Waals surface area (Å²) in [6, 6.07) is 15.2. The molecule has 4 rings (SSSR count). The van der Waals surface area contributed by atoms with E-state index in [0.717, 1.165) is 22.0 Å². The average molecular weight is 393 g/mol. The third-order valence-electron chi connectivity index (χ3n) is 3.94. The number of H-pyrrole nitrogens is 1. The molecule has 0 bridgehead atoms. The fourth-order valence-electron chi connectivity index (χ4n) is 2.71. The fourth-order valence-corrected chi connectivity index (χ4v) is 3.92. The number of amides is 1. The van der Waals surface area contributed by atoms with Crippen molar-refractivity contribution >= 4 is 34.6 Å². The molecule has 3 heterocycles. The van der Waals surface area contributed by atoms with Crippen molar-refractivity contribution in [1.29, 1.82) is 0 Å². The topological polar surface area (TPSA) is 75.6 Å². The van der Waals surface area contributed by atoms with Crippen LogP contribution in [0.2, 0.25) is 0 Å². The molecule has 1 amide bonds. The molecule has 1 aromatic carbocycles. The number of aromatic nitrogens is 4. The molecule has 0 aliphatic carbocycles. The molecule has 27 heavy (non-hydrogen) atoms. The van der Waals surface area contributed by atoms with Gasteiger partial charge in [0.25, 0.3) is 5.91 Å². The van der Waals surface area contributed by atoms with Crippen LogP contribution in [0.3, 0.4) is 0 Å². The number of nitrogens with one attached hydrogen (secondary N) is 2. The number of thiazole rings is 1. The van der Waals surface area contributed by atoms with Gasteiger partial charge in [0.05, 0.1) is 16.3 Å². The first-order valence-electron chi connectivity index (χ1n) is 8.19. The number of carbonyl (C=O) groups excluding carboxylic acids is 1. The van der Waals surface area contributed by atoms with Crippen LogP contribution in [0.1, 0.15) is 16.2 Å². The van der Waals surface area contributed by atoms with Gasteiger partial charge in [-0.3, -0.25) is 19.7 Å². The number of aromatic amines is 1. The second kappa shape index (κ2) is 7.26. The van der Waals surface area contributed by atoms with Crippen molar-refractivity contribution in [2.75, 3.05) is 5.32 Å². The Bertz CT molecular complexity index is 1150. The molecule has 0 saturated carbocycles. The van der Waals surface area contributed by atoms with Crippen molar-refractivity contribution in [2.45, 2.75) is 6.92 Å². The number of nitrogens with zero attached hydrogens (tertiary/aromatic N) is 3. The predicted molar refractivity (Wildman–Crippen MR) is 109 cm³/mol. The summed E-state index contributed by atoms with van der Waals surface area (Å²) in [5.41, 5.74) is 2.89. The minimum Gasteiger partial charge on any atom is -0.336 e. The van der Waals surface area contributed by atoms with Crippen molar-refractivity contribution in [3.63, 3.8) is 0 Å². The number of para-hydroxylation sites is 1. The van der Waals surface area contributed by atoms with E-state index in [-0.39, 0.29) is 5.91 Å². The molecule has 0 atom stereocenters. The minimum atomic E-state index is -0.285. The Labute approximate surface area is 164 Å². The van der Waals surface area contributed by atoms with Gasteiger partial charge in [-0.05, 0) is 43.4 Å². The van der Waals surface area contributed by atoms with Gasteiger partial charge in [-0.2, -0.15) is 0 Å². The molecular weight excluding hydrogens is 378 g/mol. The van der Waals surface area contributed by atoms with Crippen LogP contribution >= 0.6 is 23.6 Å². The van der Waals surface area contributed by atoms with Gasteiger partial charge in [0.2, 0.25) is 0 Å². The summed E-state index contributed by atoms with van der Waals surface area (Å²) in [5, 5.41) is 3.38. The van der Waals surface area contributed by atoms with E-state index < -0.39 is 0 Å². The Morgan fingerprint density at radius 2 is 1.96 bits per heavy atom. The maximum Gasteiger partial charge on any atom is 0.276 e. The van der Waals surface area contributed by atoms with E-state index >= 15 is 0 Å². The lowest BCUT2D eigenvalue weighted by atomic mass is 10.3. The molecule has 0 saturated heterocycles. The second-order valence-corrected chi connectivity index (χ2v) is 7.14. The van der Waals surface area contributed by atoms with Crippen LogP contribution in [0.5, 0.6) is 0 Å². The molecule has 0 spiro atoms. The highest BCUT2D eigenvalue weighted by atomic mass is 32.1. The number of pyridine rings is 1. The Balaban J connectivity index is 1.64. The molecule has 134 valence electrons. The molecule has 0 unspecified atom stereocenters. The minimum absolute atomic E-state index is 0.285. The average Bonchev–Trinajstić information content (AvgIpc) is 3.25. The number of anilines is 1. The number of benzene rings is 1. The molecule has 2 N–H and O–H groups in total. The smallest absolute Gasteiger partial charge is 0.276 e. The predicted octanol–water partition coefficient (Wildman–Crippen LogP) is 4.61. The van der Waals surface area contributed by atoms with Gasteiger partial charge in [0.15, 0.2) is 9.90 Å². The van der Waals surface area contributed by atoms with Crippen LogP contribution in [0.15, 0.2) is 60.9 Å². The lowest BCUT2D eigenvalue weighted by molar-refractivity contribution is 0.102. The van der Waals surface area contributed by atoms with Gasteiger partial charge in [-0.25, -0.2) is 4.98 Å². The summed E-state index contributed by atoms with van der Waals surface area (Å²) in [5.74, 6) is -0.285. The lowest BCUT2D eigenvalue weighted by Crippen LogP contribution is -2.16. The zero-order valence-electron chi connectivity index (χ0n) is 14.3. The Morgan fingerprint density at radius 3 is 2.70 bits per heavy atom. The van der Waals surface area contributed by atoms with Gasteiger partial charge < -0.3 is 4.98 Å². The molecule has 4 aromatic rings. The van der Waals surface area contributed by atoms with Crippen LogP contribution in [0.4, 0.5) is 5.13 Å². The summed E-state index contributed by atoms with van der Waals surface area (Å²) in [6.45, 7) is 1.90. The summed E-state index contributed by atoms with van der Waals surface area (Å²) in [7, 11) is 0. The molecule has 0 fully saturated rings. The zero-order chi connectivity index (χ0) is 18.8. The zero-order valence-corrected chi connectivity index (χ0v) is 16.0. The number of carbonyl (C=O) groups is 1. The normalized spacial score (nSPS) is 10.7. The second-order valence-electron chi connectivity index (χ2n) is 5.75. The highest BCUT2D eigenvalue weighted by Crippen LogP contribution is 2.31. The van der Waals surface area contributed by atoms with E-state index in [1.165, 1.54) is 11.3 Å². The third-order valence-corrected chi connectivity index (χ3v) is 5.33. The first-order valence-corrected chi connectivity index (χ1v) is 9.42. The van der Waals surface area contributed by atoms with E-state index in [4.69, 9.17) is 12.2 Å². The van der Waals surface area contributed by atoms with Crippen molar-refractivity contribution < 1.29 is 4.79 Å². The Kier molecular flexibility index (Phi) is 4.66. The van der Waals surface area contributed by atoms with E-state index in [0.29, 0.717) is 15.6 Å². The SMILES string of the molecule is Cc1nc(NC(=O)c2c[nH]c(=S)n2-c2ccccc2)sc1-c1ccccn1. The maximum absolute atomic E-state index is 12.8. The van der Waals surface area contributed by atoms with Crippen molar-refractivity contribution in [2.24, 2.45) is 0 Å². The molecule has 3 aromatic heterocycles. The summed E-state index contributed by atoms with van der Waals surface area (Å²) >= 11 is 6.73. The summed E-state index contributed by atoms with van der Waals surface area (Å²) in [6.07, 6.45) is 3.34. The quantitative estimate of drug-likeness (QED) is 0.496. The molecule has 8 heteroatoms. The first kappa shape index (κ1) is 17.3. The highest BCUT2D eigenvalue weighted by Gasteiger charge is 2.17. The first-order chi connectivity index (χ1) is 13.1. The number of imidazole rings is 1. The lowest BCUT2D eigenvalue weighted by Gasteiger charge is -2.07. The van der Waals surface area contributed by atoms with E-state index in [1.807, 2.05) is 55.5 Å². The highest BCUT2D eigenvalue weighted by molar-refractivity contribution is 7.71. The number of hydrogen-bond acceptors (Lipinski definition) is 5. The van der Waals surface area contributed by atoms with Crippen molar-refractivity contribution in [1.82, 2.24) is 19.5 Å². The van der Waals surface area contributed by atoms with E-state index in [2.05, 4.69) is 20.3 Å². The molecular formula is C19H15N5OS2. The Morgan fingerprint density at radius 1 is 1.19 bits per heavy atom. The van der Waals surface area contributed by atoms with Crippen LogP contribution in [-0.2, 0) is 0 Å². The number of rotatable bonds is 4. The van der Waals surface area contributed by atoms with Gasteiger partial charge in [0, 0.05) is 18.1 Å². The standard InChI is InChI=1S/C19H15N5OS2/c1-12-16(14-9-5-6-10-20-14)27-18(22-12)23-17(25)15-11-21-19(26)24(15)13-7-3-2-4-8-13/h2-11H,1H3,(H,21,26)(H,22,23,25). The number of hydrogen-bond donors (Lipinski definition) is 2. The van der Waals surface area contributed by atoms with Gasteiger partial charge >= 0.3 is 0 Å². The van der Waals surface area contributed by atoms with E-state index in [1.54, 1.807) is 17.0 Å². The molecule has 0 radical (unpaired) electrons. The van der Waals surface area contributed by atoms with Gasteiger partial charge in [0.1, 0.15) is 5.69 Å². The largest absolute Gasteiger partial charge is 0.336 e. The number of aryl methyl sites for hydroxylation is 1. The van der Waals surface area contributed by atoms with Crippen molar-refractivity contribution in [3.8, 4) is 16.3 Å². The summed E-state index contributed by atoms with van der Waals surface area (Å²) < 4.78 is 2.15. The van der Waals surface area contributed by atoms with Crippen LogP contribution in [-0.4, -0.2) is 25.4 Å². The van der Waals surface area contributed by atoms with Crippen molar-refractivity contribution in [3.05, 3.63) is 77.1 Å². The molecule has 6 nitrogen and oxygen atoms in total. The van der Waals surface area contributed by atoms with Crippen LogP contribution in [0.25, 0.3) is 16.3 Å². The third kappa shape index (κ3) is 3.44. The van der Waals surface area contributed by atoms with Crippen LogP contribution in [0, 0.1) is 11.7 Å². The monoisotopic (exact) mass is 393 g/mol. The van der Waals surface area contributed by atoms with E-state index in [9.17, 15) is 4.79 Å². The molecule has 0 aliphatic heterocycles. The maximum atomic E-state index is 12.8. The summed E-state index contributed by atoms with van der Waals surface area (Å²) in [4.78, 5) is 25.5.